The van der Waals surface area contributed by atoms with E-state index in [1.54, 1.807) is 36.4 Å². The molecule has 0 saturated heterocycles. The van der Waals surface area contributed by atoms with Crippen LogP contribution in [0.1, 0.15) is 34.5 Å². The molecule has 2 amide bonds. The Bertz CT molecular complexity index is 1370. The van der Waals surface area contributed by atoms with Gasteiger partial charge in [-0.1, -0.05) is 23.0 Å². The number of hydrogen-bond donors (Lipinski definition) is 2. The van der Waals surface area contributed by atoms with Crippen LogP contribution in [0.5, 0.6) is 0 Å². The molecule has 0 aliphatic heterocycles. The van der Waals surface area contributed by atoms with E-state index in [1.807, 2.05) is 19.9 Å². The third kappa shape index (κ3) is 6.07. The normalized spacial score (nSPS) is 10.7. The minimum Gasteiger partial charge on any atom is -0.326 e. The third-order valence-corrected chi connectivity index (χ3v) is 5.65. The zero-order valence-electron chi connectivity index (χ0n) is 19.2. The fourth-order valence-corrected chi connectivity index (χ4v) is 4.30. The molecular weight excluding hydrogens is 469 g/mol. The number of amides is 2. The van der Waals surface area contributed by atoms with Gasteiger partial charge in [0.15, 0.2) is 10.9 Å². The smallest absolute Gasteiger partial charge is 0.278 e. The molecule has 35 heavy (non-hydrogen) atoms. The number of aromatic nitrogens is 5. The third-order valence-electron chi connectivity index (χ3n) is 4.79. The van der Waals surface area contributed by atoms with E-state index in [0.717, 1.165) is 11.4 Å². The second kappa shape index (κ2) is 10.4. The molecule has 0 spiro atoms. The van der Waals surface area contributed by atoms with Gasteiger partial charge in [0.2, 0.25) is 5.91 Å². The van der Waals surface area contributed by atoms with Crippen LogP contribution in [-0.2, 0) is 10.5 Å². The van der Waals surface area contributed by atoms with Crippen LogP contribution in [0, 0.1) is 19.7 Å². The number of thioether (sulfide) groups is 1. The van der Waals surface area contributed by atoms with Crippen molar-refractivity contribution in [3.05, 3.63) is 83.2 Å². The molecule has 0 atom stereocenters. The summed E-state index contributed by atoms with van der Waals surface area (Å²) in [5, 5.41) is 14.3. The van der Waals surface area contributed by atoms with Crippen molar-refractivity contribution in [2.75, 3.05) is 10.6 Å². The summed E-state index contributed by atoms with van der Waals surface area (Å²) in [5.74, 6) is -0.786. The fraction of sp³-hybridized carbons (Fsp3) is 0.167. The van der Waals surface area contributed by atoms with E-state index in [1.165, 1.54) is 35.5 Å². The Morgan fingerprint density at radius 2 is 1.63 bits per heavy atom. The van der Waals surface area contributed by atoms with Crippen LogP contribution in [0.3, 0.4) is 0 Å². The van der Waals surface area contributed by atoms with Crippen molar-refractivity contribution >= 4 is 35.0 Å². The SMILES string of the molecule is CC(=O)Nc1cccc(NC(=O)c2nnn(-c3ccc(F)cc3)c2CSc2nc(C)cc(C)n2)c1. The van der Waals surface area contributed by atoms with Gasteiger partial charge in [0.25, 0.3) is 5.91 Å². The lowest BCUT2D eigenvalue weighted by atomic mass is 10.2. The number of nitrogens with one attached hydrogen (secondary N) is 2. The van der Waals surface area contributed by atoms with Gasteiger partial charge < -0.3 is 10.6 Å². The van der Waals surface area contributed by atoms with E-state index in [9.17, 15) is 14.0 Å². The average Bonchev–Trinajstić information content (AvgIpc) is 3.21. The van der Waals surface area contributed by atoms with E-state index in [0.29, 0.717) is 33.7 Å². The number of benzene rings is 2. The van der Waals surface area contributed by atoms with Gasteiger partial charge in [-0.2, -0.15) is 0 Å². The van der Waals surface area contributed by atoms with Gasteiger partial charge in [0, 0.05) is 35.4 Å². The number of aryl methyl sites for hydroxylation is 2. The van der Waals surface area contributed by atoms with Gasteiger partial charge in [-0.25, -0.2) is 19.0 Å². The number of anilines is 2. The summed E-state index contributed by atoms with van der Waals surface area (Å²) in [4.78, 5) is 33.4. The number of halogens is 1. The topological polar surface area (TPSA) is 115 Å². The lowest BCUT2D eigenvalue weighted by molar-refractivity contribution is -0.114. The summed E-state index contributed by atoms with van der Waals surface area (Å²) in [6.45, 7) is 5.18. The van der Waals surface area contributed by atoms with E-state index in [4.69, 9.17) is 0 Å². The summed E-state index contributed by atoms with van der Waals surface area (Å²) in [5.41, 5.74) is 3.87. The molecule has 0 radical (unpaired) electrons. The van der Waals surface area contributed by atoms with E-state index < -0.39 is 5.91 Å². The van der Waals surface area contributed by atoms with Gasteiger partial charge in [-0.05, 0) is 62.4 Å². The number of rotatable bonds is 7. The first-order chi connectivity index (χ1) is 16.8. The first kappa shape index (κ1) is 24.0. The van der Waals surface area contributed by atoms with Gasteiger partial charge in [-0.3, -0.25) is 9.59 Å². The molecule has 0 unspecified atom stereocenters. The van der Waals surface area contributed by atoms with Gasteiger partial charge >= 0.3 is 0 Å². The molecule has 0 fully saturated rings. The Hall–Kier alpha value is -4.12. The van der Waals surface area contributed by atoms with Crippen molar-refractivity contribution in [1.82, 2.24) is 25.0 Å². The van der Waals surface area contributed by atoms with Crippen molar-refractivity contribution in [1.29, 1.82) is 0 Å². The molecule has 0 bridgehead atoms. The number of nitrogens with zero attached hydrogens (tertiary/aromatic N) is 5. The minimum absolute atomic E-state index is 0.108. The Kier molecular flexibility index (Phi) is 7.16. The average molecular weight is 492 g/mol. The Labute approximate surface area is 205 Å². The van der Waals surface area contributed by atoms with Crippen LogP contribution in [0.15, 0.2) is 59.8 Å². The van der Waals surface area contributed by atoms with Crippen molar-refractivity contribution in [2.45, 2.75) is 31.7 Å². The Morgan fingerprint density at radius 1 is 0.971 bits per heavy atom. The maximum atomic E-state index is 13.5. The first-order valence-corrected chi connectivity index (χ1v) is 11.6. The Balaban J connectivity index is 1.64. The van der Waals surface area contributed by atoms with E-state index in [2.05, 4.69) is 30.9 Å². The monoisotopic (exact) mass is 491 g/mol. The second-order valence-corrected chi connectivity index (χ2v) is 8.65. The first-order valence-electron chi connectivity index (χ1n) is 10.6. The molecular formula is C24H22FN7O2S. The molecule has 11 heteroatoms. The molecule has 2 aromatic carbocycles. The second-order valence-electron chi connectivity index (χ2n) is 7.71. The van der Waals surface area contributed by atoms with Crippen molar-refractivity contribution in [3.63, 3.8) is 0 Å². The van der Waals surface area contributed by atoms with Crippen LogP contribution in [0.4, 0.5) is 15.8 Å². The van der Waals surface area contributed by atoms with Gasteiger partial charge in [-0.15, -0.1) is 5.10 Å². The lowest BCUT2D eigenvalue weighted by Gasteiger charge is -2.10. The maximum Gasteiger partial charge on any atom is 0.278 e. The summed E-state index contributed by atoms with van der Waals surface area (Å²) in [7, 11) is 0. The van der Waals surface area contributed by atoms with Crippen LogP contribution < -0.4 is 10.6 Å². The number of carbonyl (C=O) groups excluding carboxylic acids is 2. The van der Waals surface area contributed by atoms with E-state index >= 15 is 0 Å². The van der Waals surface area contributed by atoms with Crippen molar-refractivity contribution in [3.8, 4) is 5.69 Å². The largest absolute Gasteiger partial charge is 0.326 e. The van der Waals surface area contributed by atoms with Crippen molar-refractivity contribution in [2.24, 2.45) is 0 Å². The summed E-state index contributed by atoms with van der Waals surface area (Å²) in [6, 6.07) is 14.4. The van der Waals surface area contributed by atoms with Gasteiger partial charge in [0.05, 0.1) is 11.4 Å². The summed E-state index contributed by atoms with van der Waals surface area (Å²) >= 11 is 1.34. The minimum atomic E-state index is -0.477. The van der Waals surface area contributed by atoms with Gasteiger partial charge in [0.1, 0.15) is 5.82 Å². The molecule has 0 aliphatic rings. The number of hydrogen-bond acceptors (Lipinski definition) is 7. The molecule has 2 aromatic heterocycles. The van der Waals surface area contributed by atoms with Crippen LogP contribution in [0.25, 0.3) is 5.69 Å². The molecule has 4 rings (SSSR count). The highest BCUT2D eigenvalue weighted by molar-refractivity contribution is 7.98. The van der Waals surface area contributed by atoms with Crippen LogP contribution >= 0.6 is 11.8 Å². The van der Waals surface area contributed by atoms with E-state index in [-0.39, 0.29) is 17.4 Å². The number of carbonyl (C=O) groups is 2. The highest BCUT2D eigenvalue weighted by atomic mass is 32.2. The van der Waals surface area contributed by atoms with Crippen LogP contribution in [-0.4, -0.2) is 36.8 Å². The van der Waals surface area contributed by atoms with Crippen LogP contribution in [0.2, 0.25) is 0 Å². The molecule has 0 saturated carbocycles. The zero-order valence-corrected chi connectivity index (χ0v) is 20.1. The maximum absolute atomic E-state index is 13.5. The molecule has 2 heterocycles. The van der Waals surface area contributed by atoms with Crippen molar-refractivity contribution < 1.29 is 14.0 Å². The molecule has 0 aliphatic carbocycles. The highest BCUT2D eigenvalue weighted by Crippen LogP contribution is 2.25. The highest BCUT2D eigenvalue weighted by Gasteiger charge is 2.22. The molecule has 4 aromatic rings. The molecule has 9 nitrogen and oxygen atoms in total. The lowest BCUT2D eigenvalue weighted by Crippen LogP contribution is -2.16. The quantitative estimate of drug-likeness (QED) is 0.292. The fourth-order valence-electron chi connectivity index (χ4n) is 3.36. The molecule has 2 N–H and O–H groups in total. The predicted octanol–water partition coefficient (Wildman–Crippen LogP) is 4.32. The standard InChI is InChI=1S/C24H22FN7O2S/c1-14-11-15(2)27-24(26-14)35-13-21-22(30-31-32(21)20-9-7-17(25)8-10-20)23(34)29-19-6-4-5-18(12-19)28-16(3)33/h4-12H,13H2,1-3H3,(H,28,33)(H,29,34). The molecule has 178 valence electrons. The predicted molar refractivity (Wildman–Crippen MR) is 131 cm³/mol. The Morgan fingerprint density at radius 3 is 2.29 bits per heavy atom. The zero-order chi connectivity index (χ0) is 24.9. The summed E-state index contributed by atoms with van der Waals surface area (Å²) in [6.07, 6.45) is 0. The summed E-state index contributed by atoms with van der Waals surface area (Å²) < 4.78 is 15.0.